The topological polar surface area (TPSA) is 199 Å². The number of amides is 4. The summed E-state index contributed by atoms with van der Waals surface area (Å²) < 4.78 is 13.5. The number of nitrogen functional groups attached to an aromatic ring is 1. The van der Waals surface area contributed by atoms with Gasteiger partial charge in [-0.25, -0.2) is 9.97 Å². The second kappa shape index (κ2) is 18.3. The Morgan fingerprint density at radius 2 is 1.81 bits per heavy atom. The first-order valence-electron chi connectivity index (χ1n) is 21.8. The minimum atomic E-state index is -0.410. The third kappa shape index (κ3) is 9.98. The zero-order valence-electron chi connectivity index (χ0n) is 36.1. The summed E-state index contributed by atoms with van der Waals surface area (Å²) in [5.74, 6) is 1.86. The molecule has 2 fully saturated rings. The molecule has 0 spiro atoms. The Morgan fingerprint density at radius 3 is 2.56 bits per heavy atom. The van der Waals surface area contributed by atoms with Crippen molar-refractivity contribution in [3.05, 3.63) is 108 Å². The van der Waals surface area contributed by atoms with E-state index in [4.69, 9.17) is 20.0 Å². The highest BCUT2D eigenvalue weighted by atomic mass is 16.5. The number of hydrogen-bond donors (Lipinski definition) is 4. The monoisotopic (exact) mass is 853 g/mol. The number of allylic oxidation sites excluding steroid dienone is 1. The van der Waals surface area contributed by atoms with Gasteiger partial charge in [-0.2, -0.15) is 0 Å². The smallest absolute Gasteiger partial charge is 0.260 e. The molecule has 3 aromatic heterocycles. The highest BCUT2D eigenvalue weighted by Gasteiger charge is 2.31. The van der Waals surface area contributed by atoms with Crippen LogP contribution in [-0.4, -0.2) is 73.8 Å². The van der Waals surface area contributed by atoms with E-state index in [9.17, 15) is 19.2 Å². The third-order valence-corrected chi connectivity index (χ3v) is 12.0. The Balaban J connectivity index is 0.994. The van der Waals surface area contributed by atoms with E-state index in [-0.39, 0.29) is 67.0 Å². The molecule has 1 aliphatic carbocycles. The van der Waals surface area contributed by atoms with Gasteiger partial charge in [-0.15, -0.1) is 0 Å². The van der Waals surface area contributed by atoms with Crippen LogP contribution in [0.2, 0.25) is 0 Å². The molecule has 2 unspecified atom stereocenters. The van der Waals surface area contributed by atoms with E-state index in [0.29, 0.717) is 49.6 Å². The van der Waals surface area contributed by atoms with Crippen molar-refractivity contribution >= 4 is 46.9 Å². The maximum absolute atomic E-state index is 13.6. The van der Waals surface area contributed by atoms with E-state index >= 15 is 0 Å². The lowest BCUT2D eigenvalue weighted by molar-refractivity contribution is -0.135. The molecule has 3 atom stereocenters. The molecule has 3 aliphatic rings. The Labute approximate surface area is 366 Å². The van der Waals surface area contributed by atoms with Gasteiger partial charge in [-0.3, -0.25) is 28.9 Å². The lowest BCUT2D eigenvalue weighted by atomic mass is 9.85. The fourth-order valence-electron chi connectivity index (χ4n) is 8.65. The van der Waals surface area contributed by atoms with Crippen LogP contribution in [0.1, 0.15) is 112 Å². The quantitative estimate of drug-likeness (QED) is 0.114. The van der Waals surface area contributed by atoms with Crippen LogP contribution >= 0.6 is 0 Å². The van der Waals surface area contributed by atoms with E-state index < -0.39 is 5.92 Å². The molecule has 8 rings (SSSR count). The second-order valence-corrected chi connectivity index (χ2v) is 17.8. The van der Waals surface area contributed by atoms with E-state index in [2.05, 4.69) is 70.0 Å². The maximum atomic E-state index is 13.6. The number of piperidine rings is 1. The number of nitrogens with two attached hydrogens (primary N) is 1. The van der Waals surface area contributed by atoms with Crippen molar-refractivity contribution in [2.45, 2.75) is 102 Å². The summed E-state index contributed by atoms with van der Waals surface area (Å²) in [5.41, 5.74) is 12.3. The summed E-state index contributed by atoms with van der Waals surface area (Å²) in [4.78, 5) is 62.6. The summed E-state index contributed by atoms with van der Waals surface area (Å²) >= 11 is 0. The summed E-state index contributed by atoms with van der Waals surface area (Å²) in [6.07, 6.45) is 11.2. The van der Waals surface area contributed by atoms with E-state index in [1.807, 2.05) is 30.4 Å². The van der Waals surface area contributed by atoms with Gasteiger partial charge < -0.3 is 30.5 Å². The van der Waals surface area contributed by atoms with Crippen molar-refractivity contribution in [2.24, 2.45) is 0 Å². The van der Waals surface area contributed by atoms with Crippen LogP contribution in [-0.2, 0) is 31.0 Å². The molecule has 1 saturated carbocycles. The van der Waals surface area contributed by atoms with E-state index in [0.717, 1.165) is 70.1 Å². The Bertz CT molecular complexity index is 2550. The fourth-order valence-corrected chi connectivity index (χ4v) is 8.65. The van der Waals surface area contributed by atoms with Crippen LogP contribution < -0.4 is 26.4 Å². The average Bonchev–Trinajstić information content (AvgIpc) is 3.90. The van der Waals surface area contributed by atoms with Crippen molar-refractivity contribution in [3.63, 3.8) is 0 Å². The highest BCUT2D eigenvalue weighted by molar-refractivity contribution is 6.01. The molecule has 328 valence electrons. The number of nitrogens with one attached hydrogen (secondary N) is 3. The fraction of sp³-hybridized carbons (Fsp3) is 0.396. The predicted molar refractivity (Wildman–Crippen MR) is 240 cm³/mol. The summed E-state index contributed by atoms with van der Waals surface area (Å²) in [6.45, 7) is 10.8. The molecule has 2 aliphatic heterocycles. The molecular weight excluding hydrogens is 799 g/mol. The van der Waals surface area contributed by atoms with E-state index in [1.165, 1.54) is 0 Å². The first-order valence-corrected chi connectivity index (χ1v) is 21.8. The number of carbonyl (C=O) groups is 4. The number of anilines is 2. The molecule has 5 aromatic rings. The van der Waals surface area contributed by atoms with Crippen LogP contribution in [0.3, 0.4) is 0 Å². The zero-order valence-corrected chi connectivity index (χ0v) is 36.1. The van der Waals surface area contributed by atoms with Crippen molar-refractivity contribution in [3.8, 4) is 17.0 Å². The van der Waals surface area contributed by atoms with Gasteiger partial charge in [0.05, 0.1) is 17.8 Å². The molecule has 63 heavy (non-hydrogen) atoms. The largest absolute Gasteiger partial charge is 0.484 e. The van der Waals surface area contributed by atoms with Crippen molar-refractivity contribution < 1.29 is 28.4 Å². The van der Waals surface area contributed by atoms with Gasteiger partial charge in [-0.1, -0.05) is 81.4 Å². The lowest BCUT2D eigenvalue weighted by Crippen LogP contribution is -2.41. The standard InChI is InChI=1S/C48H55N9O6/c1-29(51-39-26-38(63-55-39)48(2,3)4)24-30-11-13-32(14-12-30)43-44-45(49)50-27-35-10-5-6-22-56(23-21-41(59)52-34-9-7-8-33(25-34)46(54-43)57(35)44)42(60)28-62-36-17-15-31(16-18-36)37-19-20-40(58)53-47(37)61/h5,10-18,26-27,33-34,37H,1,6-9,19-25,28H2,2-4H3,(H2,49,50)(H,51,55)(H,52,59)(H,53,58,61)/b10-5+/t33-,34?,37?/m1/s1. The van der Waals surface area contributed by atoms with Gasteiger partial charge in [0.15, 0.2) is 12.4 Å². The molecule has 15 nitrogen and oxygen atoms in total. The van der Waals surface area contributed by atoms with Crippen LogP contribution in [0.25, 0.3) is 22.9 Å². The van der Waals surface area contributed by atoms with Crippen molar-refractivity contribution in [1.29, 1.82) is 0 Å². The number of aromatic nitrogens is 4. The average molecular weight is 854 g/mol. The summed E-state index contributed by atoms with van der Waals surface area (Å²) in [6, 6.07) is 17.1. The Kier molecular flexibility index (Phi) is 12.5. The molecule has 5 N–H and O–H groups in total. The van der Waals surface area contributed by atoms with Crippen molar-refractivity contribution in [2.75, 3.05) is 30.7 Å². The minimum Gasteiger partial charge on any atom is -0.484 e. The van der Waals surface area contributed by atoms with Crippen molar-refractivity contribution in [1.82, 2.24) is 35.1 Å². The number of hydrogen-bond acceptors (Lipinski definition) is 11. The lowest BCUT2D eigenvalue weighted by Gasteiger charge is -2.29. The van der Waals surface area contributed by atoms with Crippen LogP contribution in [0, 0.1) is 0 Å². The highest BCUT2D eigenvalue weighted by Crippen LogP contribution is 2.38. The molecule has 4 amide bonds. The number of carbonyl (C=O) groups excluding carboxylic acids is 4. The number of rotatable bonds is 9. The Morgan fingerprint density at radius 1 is 1.02 bits per heavy atom. The molecule has 2 aromatic carbocycles. The molecule has 1 saturated heterocycles. The molecule has 5 heterocycles. The van der Waals surface area contributed by atoms with Gasteiger partial charge in [0.25, 0.3) is 5.91 Å². The predicted octanol–water partition coefficient (Wildman–Crippen LogP) is 6.81. The van der Waals surface area contributed by atoms with Gasteiger partial charge >= 0.3 is 0 Å². The number of imidazole rings is 1. The molecular formula is C48H55N9O6. The zero-order chi connectivity index (χ0) is 44.3. The summed E-state index contributed by atoms with van der Waals surface area (Å²) in [7, 11) is 0. The van der Waals surface area contributed by atoms with Crippen LogP contribution in [0.15, 0.2) is 83.7 Å². The number of nitrogens with zero attached hydrogens (tertiary/aromatic N) is 5. The maximum Gasteiger partial charge on any atom is 0.260 e. The van der Waals surface area contributed by atoms with Gasteiger partial charge in [-0.05, 0) is 61.4 Å². The summed E-state index contributed by atoms with van der Waals surface area (Å²) in [5, 5.41) is 13.1. The number of imide groups is 1. The Hall–Kier alpha value is -6.77. The SMILES string of the molecule is C=C(Cc1ccc(-c2nc3n4c(cnc(N)c24)/C=C/CCN(C(=O)COc2ccc(C4CCC(=O)NC4=O)cc2)CCC(=O)NC2CCC[C@@H]3C2)cc1)Nc1cc(C(C)(C)C)on1. The first-order chi connectivity index (χ1) is 30.3. The number of benzene rings is 2. The molecule has 2 bridgehead atoms. The number of fused-ring (bicyclic) bond motifs is 3. The van der Waals surface area contributed by atoms with Gasteiger partial charge in [0, 0.05) is 67.1 Å². The third-order valence-electron chi connectivity index (χ3n) is 12.0. The van der Waals surface area contributed by atoms with Gasteiger partial charge in [0.1, 0.15) is 34.4 Å². The minimum absolute atomic E-state index is 0.0516. The van der Waals surface area contributed by atoms with Crippen LogP contribution in [0.5, 0.6) is 5.75 Å². The number of ether oxygens (including phenoxy) is 1. The second-order valence-electron chi connectivity index (χ2n) is 17.8. The normalized spacial score (nSPS) is 20.3. The molecule has 0 radical (unpaired) electrons. The van der Waals surface area contributed by atoms with Crippen LogP contribution in [0.4, 0.5) is 11.6 Å². The molecule has 15 heteroatoms. The first kappa shape index (κ1) is 42.9. The van der Waals surface area contributed by atoms with Gasteiger partial charge in [0.2, 0.25) is 17.7 Å². The van der Waals surface area contributed by atoms with E-state index in [1.54, 1.807) is 35.4 Å².